The van der Waals surface area contributed by atoms with Crippen LogP contribution in [0.5, 0.6) is 11.5 Å². The molecule has 0 radical (unpaired) electrons. The number of methoxy groups -OCH3 is 2. The number of halogens is 1. The summed E-state index contributed by atoms with van der Waals surface area (Å²) in [5.74, 6) is 0.00488. The predicted octanol–water partition coefficient (Wildman–Crippen LogP) is 6.25. The standard InChI is InChI=1S/C30H35ClN2O6S/c1-17-21(11-13-26(34)35)32-25(40-17)15-24-29(36)33(16-30(2,3)4)22-12-10-18(31)14-20(22)27(39-24)19-8-7-9-23(37-5)28(19)38-6/h7-10,12,14,24,27H,11,13,15-16H2,1-6H3,(H,34,35)/t24-,27-/m1/s1. The van der Waals surface area contributed by atoms with E-state index in [-0.39, 0.29) is 24.2 Å². The smallest absolute Gasteiger partial charge is 0.303 e. The van der Waals surface area contributed by atoms with Crippen molar-refractivity contribution in [2.75, 3.05) is 25.7 Å². The Morgan fingerprint density at radius 3 is 2.58 bits per heavy atom. The number of carboxylic acid groups (broad SMARTS) is 1. The molecule has 0 bridgehead atoms. The summed E-state index contributed by atoms with van der Waals surface area (Å²) >= 11 is 7.96. The van der Waals surface area contributed by atoms with Gasteiger partial charge in [0.1, 0.15) is 12.2 Å². The second-order valence-corrected chi connectivity index (χ2v) is 12.7. The van der Waals surface area contributed by atoms with Crippen molar-refractivity contribution >= 4 is 40.5 Å². The van der Waals surface area contributed by atoms with Crippen molar-refractivity contribution in [1.82, 2.24) is 4.98 Å². The average Bonchev–Trinajstić information content (AvgIpc) is 3.21. The van der Waals surface area contributed by atoms with Gasteiger partial charge in [-0.3, -0.25) is 9.59 Å². The molecule has 0 fully saturated rings. The number of amides is 1. The van der Waals surface area contributed by atoms with E-state index in [1.165, 1.54) is 11.3 Å². The molecule has 0 saturated heterocycles. The van der Waals surface area contributed by atoms with Gasteiger partial charge in [0, 0.05) is 46.1 Å². The molecular formula is C30H35ClN2O6S. The van der Waals surface area contributed by atoms with Crippen LogP contribution in [-0.4, -0.2) is 48.8 Å². The van der Waals surface area contributed by atoms with E-state index in [1.807, 2.05) is 37.3 Å². The molecule has 2 atom stereocenters. The number of hydrogen-bond donors (Lipinski definition) is 1. The Balaban J connectivity index is 1.84. The number of carbonyl (C=O) groups excluding carboxylic acids is 1. The molecular weight excluding hydrogens is 552 g/mol. The van der Waals surface area contributed by atoms with Gasteiger partial charge in [-0.15, -0.1) is 11.3 Å². The fraction of sp³-hybridized carbons (Fsp3) is 0.433. The first-order chi connectivity index (χ1) is 18.9. The van der Waals surface area contributed by atoms with E-state index in [0.717, 1.165) is 21.8 Å². The Kier molecular flexibility index (Phi) is 9.07. The van der Waals surface area contributed by atoms with Crippen molar-refractivity contribution in [3.05, 3.63) is 68.1 Å². The van der Waals surface area contributed by atoms with Gasteiger partial charge in [0.15, 0.2) is 11.5 Å². The number of carboxylic acids is 1. The summed E-state index contributed by atoms with van der Waals surface area (Å²) in [4.78, 5) is 32.8. The van der Waals surface area contributed by atoms with Gasteiger partial charge in [0.05, 0.1) is 31.3 Å². The number of aryl methyl sites for hydroxylation is 2. The zero-order chi connectivity index (χ0) is 29.2. The summed E-state index contributed by atoms with van der Waals surface area (Å²) < 4.78 is 18.0. The fourth-order valence-corrected chi connectivity index (χ4v) is 6.08. The van der Waals surface area contributed by atoms with Crippen LogP contribution in [0, 0.1) is 12.3 Å². The minimum Gasteiger partial charge on any atom is -0.493 e. The molecule has 8 nitrogen and oxygen atoms in total. The molecule has 0 saturated carbocycles. The highest BCUT2D eigenvalue weighted by atomic mass is 35.5. The maximum absolute atomic E-state index is 14.2. The molecule has 1 N–H and O–H groups in total. The van der Waals surface area contributed by atoms with Crippen LogP contribution < -0.4 is 14.4 Å². The van der Waals surface area contributed by atoms with Gasteiger partial charge in [-0.25, -0.2) is 4.98 Å². The Hall–Kier alpha value is -3.14. The third-order valence-corrected chi connectivity index (χ3v) is 7.90. The molecule has 2 aromatic carbocycles. The van der Waals surface area contributed by atoms with Gasteiger partial charge in [-0.1, -0.05) is 44.5 Å². The highest BCUT2D eigenvalue weighted by molar-refractivity contribution is 7.11. The molecule has 2 heterocycles. The van der Waals surface area contributed by atoms with Crippen LogP contribution in [-0.2, 0) is 27.2 Å². The van der Waals surface area contributed by atoms with E-state index in [0.29, 0.717) is 40.1 Å². The lowest BCUT2D eigenvalue weighted by molar-refractivity contribution is -0.137. The lowest BCUT2D eigenvalue weighted by Gasteiger charge is -2.31. The third-order valence-electron chi connectivity index (χ3n) is 6.63. The Morgan fingerprint density at radius 1 is 1.18 bits per heavy atom. The third kappa shape index (κ3) is 6.59. The zero-order valence-corrected chi connectivity index (χ0v) is 25.2. The predicted molar refractivity (Wildman–Crippen MR) is 156 cm³/mol. The number of aromatic nitrogens is 1. The molecule has 4 rings (SSSR count). The molecule has 10 heteroatoms. The molecule has 40 heavy (non-hydrogen) atoms. The number of fused-ring (bicyclic) bond motifs is 1. The van der Waals surface area contributed by atoms with Crippen LogP contribution in [0.25, 0.3) is 0 Å². The van der Waals surface area contributed by atoms with Gasteiger partial charge in [0.2, 0.25) is 0 Å². The van der Waals surface area contributed by atoms with E-state index < -0.39 is 18.2 Å². The Morgan fingerprint density at radius 2 is 1.93 bits per heavy atom. The molecule has 3 aromatic rings. The minimum absolute atomic E-state index is 0.00396. The van der Waals surface area contributed by atoms with Crippen LogP contribution in [0.15, 0.2) is 36.4 Å². The summed E-state index contributed by atoms with van der Waals surface area (Å²) in [6, 6.07) is 11.0. The number of rotatable bonds is 9. The first-order valence-electron chi connectivity index (χ1n) is 13.1. The molecule has 0 spiro atoms. The summed E-state index contributed by atoms with van der Waals surface area (Å²) in [6.07, 6.45) is -0.989. The number of benzene rings is 2. The number of ether oxygens (including phenoxy) is 3. The first kappa shape index (κ1) is 29.8. The van der Waals surface area contributed by atoms with Crippen LogP contribution in [0.1, 0.15) is 60.0 Å². The van der Waals surface area contributed by atoms with Gasteiger partial charge >= 0.3 is 5.97 Å². The molecule has 1 aliphatic rings. The number of thiazole rings is 1. The summed E-state index contributed by atoms with van der Waals surface area (Å²) in [7, 11) is 3.15. The van der Waals surface area contributed by atoms with E-state index >= 15 is 0 Å². The largest absolute Gasteiger partial charge is 0.493 e. The lowest BCUT2D eigenvalue weighted by atomic mass is 9.94. The highest BCUT2D eigenvalue weighted by Crippen LogP contribution is 2.45. The van der Waals surface area contributed by atoms with Crippen molar-refractivity contribution in [3.8, 4) is 11.5 Å². The first-order valence-corrected chi connectivity index (χ1v) is 14.3. The summed E-state index contributed by atoms with van der Waals surface area (Å²) in [6.45, 7) is 8.62. The Bertz CT molecular complexity index is 1400. The van der Waals surface area contributed by atoms with E-state index in [4.69, 9.17) is 35.9 Å². The summed E-state index contributed by atoms with van der Waals surface area (Å²) in [5, 5.41) is 10.4. The SMILES string of the molecule is COc1cccc([C@H]2O[C@H](Cc3nc(CCC(=O)O)c(C)s3)C(=O)N(CC(C)(C)C)c3ccc(Cl)cc32)c1OC. The van der Waals surface area contributed by atoms with Crippen molar-refractivity contribution in [3.63, 3.8) is 0 Å². The fourth-order valence-electron chi connectivity index (χ4n) is 4.89. The number of aliphatic carboxylic acids is 1. The van der Waals surface area contributed by atoms with Crippen molar-refractivity contribution in [1.29, 1.82) is 0 Å². The molecule has 214 valence electrons. The van der Waals surface area contributed by atoms with E-state index in [2.05, 4.69) is 20.8 Å². The highest BCUT2D eigenvalue weighted by Gasteiger charge is 2.39. The number of para-hydroxylation sites is 1. The van der Waals surface area contributed by atoms with Crippen LogP contribution in [0.2, 0.25) is 5.02 Å². The second kappa shape index (κ2) is 12.2. The number of hydrogen-bond acceptors (Lipinski definition) is 7. The quantitative estimate of drug-likeness (QED) is 0.316. The van der Waals surface area contributed by atoms with Gasteiger partial charge in [0.25, 0.3) is 5.91 Å². The molecule has 1 aliphatic heterocycles. The van der Waals surface area contributed by atoms with Crippen LogP contribution in [0.3, 0.4) is 0 Å². The van der Waals surface area contributed by atoms with Crippen LogP contribution in [0.4, 0.5) is 5.69 Å². The average molecular weight is 587 g/mol. The van der Waals surface area contributed by atoms with Gasteiger partial charge in [-0.05, 0) is 36.6 Å². The number of carbonyl (C=O) groups is 2. The minimum atomic E-state index is -0.874. The maximum atomic E-state index is 14.2. The molecule has 0 aliphatic carbocycles. The molecule has 0 unspecified atom stereocenters. The lowest BCUT2D eigenvalue weighted by Crippen LogP contribution is -2.44. The maximum Gasteiger partial charge on any atom is 0.303 e. The summed E-state index contributed by atoms with van der Waals surface area (Å²) in [5.41, 5.74) is 2.71. The van der Waals surface area contributed by atoms with Crippen molar-refractivity contribution in [2.24, 2.45) is 5.41 Å². The van der Waals surface area contributed by atoms with Crippen molar-refractivity contribution < 1.29 is 28.9 Å². The zero-order valence-electron chi connectivity index (χ0n) is 23.6. The van der Waals surface area contributed by atoms with E-state index in [1.54, 1.807) is 25.2 Å². The second-order valence-electron chi connectivity index (χ2n) is 11.0. The molecule has 1 aromatic heterocycles. The number of anilines is 1. The Labute approximate surface area is 243 Å². The normalized spacial score (nSPS) is 17.4. The van der Waals surface area contributed by atoms with Gasteiger partial charge < -0.3 is 24.2 Å². The molecule has 1 amide bonds. The number of nitrogens with zero attached hydrogens (tertiary/aromatic N) is 2. The van der Waals surface area contributed by atoms with E-state index in [9.17, 15) is 9.59 Å². The topological polar surface area (TPSA) is 98.2 Å². The van der Waals surface area contributed by atoms with Gasteiger partial charge in [-0.2, -0.15) is 0 Å². The van der Waals surface area contributed by atoms with Crippen LogP contribution >= 0.6 is 22.9 Å². The monoisotopic (exact) mass is 586 g/mol. The van der Waals surface area contributed by atoms with Crippen molar-refractivity contribution in [2.45, 2.75) is 59.2 Å².